The lowest BCUT2D eigenvalue weighted by atomic mass is 9.97. The molecule has 2 N–H and O–H groups in total. The molecule has 3 nitrogen and oxygen atoms in total. The molecular weight excluding hydrogens is 240 g/mol. The zero-order valence-electron chi connectivity index (χ0n) is 11.6. The first-order chi connectivity index (χ1) is 8.93. The normalized spacial score (nSPS) is 10.5. The van der Waals surface area contributed by atoms with Gasteiger partial charge >= 0.3 is 0 Å². The van der Waals surface area contributed by atoms with Crippen molar-refractivity contribution in [2.24, 2.45) is 0 Å². The maximum atomic E-state index is 10.2. The van der Waals surface area contributed by atoms with E-state index in [1.54, 1.807) is 6.07 Å². The van der Waals surface area contributed by atoms with Gasteiger partial charge in [-0.15, -0.1) is 0 Å². The summed E-state index contributed by atoms with van der Waals surface area (Å²) in [5.41, 5.74) is 3.99. The van der Waals surface area contributed by atoms with Crippen molar-refractivity contribution in [1.29, 1.82) is 0 Å². The first kappa shape index (κ1) is 13.3. The molecule has 0 heterocycles. The predicted octanol–water partition coefficient (Wildman–Crippen LogP) is 3.70. The van der Waals surface area contributed by atoms with Crippen molar-refractivity contribution < 1.29 is 14.9 Å². The number of aromatic hydroxyl groups is 2. The van der Waals surface area contributed by atoms with Gasteiger partial charge in [0.05, 0.1) is 7.11 Å². The third-order valence-electron chi connectivity index (χ3n) is 3.17. The maximum absolute atomic E-state index is 10.2. The molecular formula is C16H18O3. The quantitative estimate of drug-likeness (QED) is 0.863. The van der Waals surface area contributed by atoms with Gasteiger partial charge < -0.3 is 14.9 Å². The Morgan fingerprint density at radius 1 is 0.789 bits per heavy atom. The lowest BCUT2D eigenvalue weighted by Crippen LogP contribution is -1.91. The second-order valence-electron chi connectivity index (χ2n) is 4.84. The fourth-order valence-electron chi connectivity index (χ4n) is 2.27. The molecule has 0 aromatic heterocycles. The maximum Gasteiger partial charge on any atom is 0.165 e. The van der Waals surface area contributed by atoms with Gasteiger partial charge in [0.2, 0.25) is 0 Å². The van der Waals surface area contributed by atoms with Crippen LogP contribution in [-0.2, 0) is 0 Å². The van der Waals surface area contributed by atoms with Crippen LogP contribution in [0.25, 0.3) is 11.1 Å². The van der Waals surface area contributed by atoms with E-state index in [1.165, 1.54) is 7.11 Å². The monoisotopic (exact) mass is 258 g/mol. The first-order valence-electron chi connectivity index (χ1n) is 6.12. The fourth-order valence-corrected chi connectivity index (χ4v) is 2.27. The highest BCUT2D eigenvalue weighted by molar-refractivity contribution is 5.79. The summed E-state index contributed by atoms with van der Waals surface area (Å²) < 4.78 is 5.16. The van der Waals surface area contributed by atoms with Crippen molar-refractivity contribution in [1.82, 2.24) is 0 Å². The predicted molar refractivity (Wildman–Crippen MR) is 76.0 cm³/mol. The number of hydrogen-bond donors (Lipinski definition) is 2. The SMILES string of the molecule is COc1cc(C)cc(-c2cc(C)cc(C)c2O)c1O. The lowest BCUT2D eigenvalue weighted by molar-refractivity contribution is 0.374. The summed E-state index contributed by atoms with van der Waals surface area (Å²) in [7, 11) is 1.51. The topological polar surface area (TPSA) is 49.7 Å². The van der Waals surface area contributed by atoms with Gasteiger partial charge in [-0.05, 0) is 55.7 Å². The molecule has 0 radical (unpaired) electrons. The average molecular weight is 258 g/mol. The van der Waals surface area contributed by atoms with Crippen molar-refractivity contribution in [3.63, 3.8) is 0 Å². The molecule has 2 aromatic rings. The van der Waals surface area contributed by atoms with Crippen molar-refractivity contribution >= 4 is 0 Å². The summed E-state index contributed by atoms with van der Waals surface area (Å²) in [4.78, 5) is 0. The van der Waals surface area contributed by atoms with Crippen LogP contribution in [0.15, 0.2) is 24.3 Å². The number of phenols is 2. The Balaban J connectivity index is 2.75. The highest BCUT2D eigenvalue weighted by atomic mass is 16.5. The van der Waals surface area contributed by atoms with Crippen LogP contribution in [0, 0.1) is 20.8 Å². The third kappa shape index (κ3) is 2.36. The number of aryl methyl sites for hydroxylation is 3. The minimum Gasteiger partial charge on any atom is -0.507 e. The van der Waals surface area contributed by atoms with E-state index in [1.807, 2.05) is 39.0 Å². The number of methoxy groups -OCH3 is 1. The van der Waals surface area contributed by atoms with E-state index < -0.39 is 0 Å². The number of benzene rings is 2. The van der Waals surface area contributed by atoms with Crippen LogP contribution in [0.5, 0.6) is 17.2 Å². The molecule has 0 bridgehead atoms. The number of ether oxygens (including phenoxy) is 1. The van der Waals surface area contributed by atoms with Crippen molar-refractivity contribution in [3.05, 3.63) is 41.0 Å². The van der Waals surface area contributed by atoms with E-state index in [0.29, 0.717) is 16.9 Å². The van der Waals surface area contributed by atoms with Crippen molar-refractivity contribution in [2.45, 2.75) is 20.8 Å². The van der Waals surface area contributed by atoms with Crippen LogP contribution in [0.4, 0.5) is 0 Å². The first-order valence-corrected chi connectivity index (χ1v) is 6.12. The van der Waals surface area contributed by atoms with Gasteiger partial charge in [0.1, 0.15) is 5.75 Å². The molecule has 2 rings (SSSR count). The largest absolute Gasteiger partial charge is 0.507 e. The zero-order valence-corrected chi connectivity index (χ0v) is 11.6. The van der Waals surface area contributed by atoms with Crippen LogP contribution in [0.3, 0.4) is 0 Å². The van der Waals surface area contributed by atoms with Gasteiger partial charge in [-0.1, -0.05) is 6.07 Å². The summed E-state index contributed by atoms with van der Waals surface area (Å²) in [6.45, 7) is 5.72. The molecule has 0 amide bonds. The Kier molecular flexibility index (Phi) is 3.38. The average Bonchev–Trinajstić information content (AvgIpc) is 2.36. The fraction of sp³-hybridized carbons (Fsp3) is 0.250. The third-order valence-corrected chi connectivity index (χ3v) is 3.17. The second-order valence-corrected chi connectivity index (χ2v) is 4.84. The van der Waals surface area contributed by atoms with Gasteiger partial charge in [-0.2, -0.15) is 0 Å². The van der Waals surface area contributed by atoms with Gasteiger partial charge in [0.15, 0.2) is 11.5 Å². The summed E-state index contributed by atoms with van der Waals surface area (Å²) in [6, 6.07) is 7.36. The molecule has 19 heavy (non-hydrogen) atoms. The zero-order chi connectivity index (χ0) is 14.2. The van der Waals surface area contributed by atoms with Gasteiger partial charge in [0, 0.05) is 11.1 Å². The molecule has 100 valence electrons. The summed E-state index contributed by atoms with van der Waals surface area (Å²) in [6.07, 6.45) is 0. The molecule has 0 saturated carbocycles. The van der Waals surface area contributed by atoms with E-state index in [9.17, 15) is 10.2 Å². The smallest absolute Gasteiger partial charge is 0.165 e. The Morgan fingerprint density at radius 2 is 1.32 bits per heavy atom. The molecule has 0 aliphatic rings. The molecule has 3 heteroatoms. The minimum absolute atomic E-state index is 0.0494. The van der Waals surface area contributed by atoms with Crippen LogP contribution in [0.2, 0.25) is 0 Å². The highest BCUT2D eigenvalue weighted by Gasteiger charge is 2.15. The van der Waals surface area contributed by atoms with E-state index >= 15 is 0 Å². The van der Waals surface area contributed by atoms with E-state index in [4.69, 9.17) is 4.74 Å². The summed E-state index contributed by atoms with van der Waals surface area (Å²) in [5, 5.41) is 20.4. The Morgan fingerprint density at radius 3 is 1.89 bits per heavy atom. The van der Waals surface area contributed by atoms with E-state index in [2.05, 4.69) is 0 Å². The molecule has 0 saturated heterocycles. The molecule has 0 fully saturated rings. The van der Waals surface area contributed by atoms with Crippen molar-refractivity contribution in [3.8, 4) is 28.4 Å². The van der Waals surface area contributed by atoms with E-state index in [-0.39, 0.29) is 11.5 Å². The summed E-state index contributed by atoms with van der Waals surface area (Å²) in [5.74, 6) is 0.649. The highest BCUT2D eigenvalue weighted by Crippen LogP contribution is 2.42. The van der Waals surface area contributed by atoms with Crippen molar-refractivity contribution in [2.75, 3.05) is 7.11 Å². The Bertz CT molecular complexity index is 630. The number of rotatable bonds is 2. The molecule has 0 unspecified atom stereocenters. The molecule has 0 aliphatic heterocycles. The standard InChI is InChI=1S/C16H18O3/c1-9-5-11(3)15(17)12(6-9)13-7-10(2)8-14(19-4)16(13)18/h5-8,17-18H,1-4H3. The van der Waals surface area contributed by atoms with Gasteiger partial charge in [-0.3, -0.25) is 0 Å². The van der Waals surface area contributed by atoms with Gasteiger partial charge in [-0.25, -0.2) is 0 Å². The summed E-state index contributed by atoms with van der Waals surface area (Å²) >= 11 is 0. The Labute approximate surface area is 113 Å². The molecule has 0 spiro atoms. The van der Waals surface area contributed by atoms with Crippen LogP contribution in [0.1, 0.15) is 16.7 Å². The van der Waals surface area contributed by atoms with Crippen LogP contribution >= 0.6 is 0 Å². The molecule has 0 aliphatic carbocycles. The Hall–Kier alpha value is -2.16. The molecule has 2 aromatic carbocycles. The minimum atomic E-state index is 0.0494. The number of phenolic OH excluding ortho intramolecular Hbond substituents is 2. The second kappa shape index (κ2) is 4.84. The molecule has 0 atom stereocenters. The van der Waals surface area contributed by atoms with E-state index in [0.717, 1.165) is 16.7 Å². The number of hydrogen-bond acceptors (Lipinski definition) is 3. The van der Waals surface area contributed by atoms with Crippen LogP contribution in [-0.4, -0.2) is 17.3 Å². The van der Waals surface area contributed by atoms with Crippen LogP contribution < -0.4 is 4.74 Å². The van der Waals surface area contributed by atoms with Gasteiger partial charge in [0.25, 0.3) is 0 Å². The lowest BCUT2D eigenvalue weighted by Gasteiger charge is -2.14.